The van der Waals surface area contributed by atoms with Crippen LogP contribution in [0.4, 0.5) is 23.0 Å². The Hall–Kier alpha value is -3.94. The number of carbonyl (C=O) groups excluding carboxylic acids is 2. The highest BCUT2D eigenvalue weighted by molar-refractivity contribution is 5.89. The molecular formula is C28H34N6O2. The molecule has 1 aliphatic carbocycles. The van der Waals surface area contributed by atoms with Gasteiger partial charge in [0, 0.05) is 68.3 Å². The van der Waals surface area contributed by atoms with Crippen molar-refractivity contribution in [3.05, 3.63) is 60.8 Å². The summed E-state index contributed by atoms with van der Waals surface area (Å²) in [6.45, 7) is 5.80. The zero-order valence-corrected chi connectivity index (χ0v) is 21.2. The zero-order valence-electron chi connectivity index (χ0n) is 21.2. The molecule has 1 aliphatic rings. The molecule has 0 unspecified atom stereocenters. The van der Waals surface area contributed by atoms with Gasteiger partial charge in [-0.1, -0.05) is 18.6 Å². The number of hydrogen-bond donors (Lipinski definition) is 2. The van der Waals surface area contributed by atoms with E-state index in [-0.39, 0.29) is 11.8 Å². The maximum Gasteiger partial charge on any atom is 0.227 e. The molecule has 3 aromatic rings. The lowest BCUT2D eigenvalue weighted by molar-refractivity contribution is -0.137. The van der Waals surface area contributed by atoms with Crippen LogP contribution in [-0.4, -0.2) is 53.4 Å². The van der Waals surface area contributed by atoms with Crippen LogP contribution in [0.3, 0.4) is 0 Å². The van der Waals surface area contributed by atoms with Crippen molar-refractivity contribution in [1.29, 1.82) is 0 Å². The Morgan fingerprint density at radius 2 is 1.67 bits per heavy atom. The molecule has 36 heavy (non-hydrogen) atoms. The molecule has 8 nitrogen and oxygen atoms in total. The lowest BCUT2D eigenvalue weighted by atomic mass is 9.84. The first-order valence-electron chi connectivity index (χ1n) is 12.5. The molecule has 1 heterocycles. The van der Waals surface area contributed by atoms with Crippen LogP contribution in [0.5, 0.6) is 0 Å². The van der Waals surface area contributed by atoms with Crippen molar-refractivity contribution in [2.75, 3.05) is 42.2 Å². The van der Waals surface area contributed by atoms with Crippen molar-refractivity contribution >= 4 is 34.8 Å². The van der Waals surface area contributed by atoms with Crippen molar-refractivity contribution in [2.45, 2.75) is 33.1 Å². The minimum absolute atomic E-state index is 0.101. The van der Waals surface area contributed by atoms with E-state index in [1.165, 1.54) is 13.3 Å². The third-order valence-electron chi connectivity index (χ3n) is 6.57. The second kappa shape index (κ2) is 11.7. The first-order valence-corrected chi connectivity index (χ1v) is 12.5. The van der Waals surface area contributed by atoms with Crippen LogP contribution in [0.1, 0.15) is 33.1 Å². The lowest BCUT2D eigenvalue weighted by Gasteiger charge is -2.32. The Bertz CT molecular complexity index is 1180. The zero-order chi connectivity index (χ0) is 25.5. The molecule has 0 radical (unpaired) electrons. The van der Waals surface area contributed by atoms with Crippen LogP contribution in [-0.2, 0) is 9.59 Å². The van der Waals surface area contributed by atoms with Crippen molar-refractivity contribution in [2.24, 2.45) is 5.92 Å². The highest BCUT2D eigenvalue weighted by Crippen LogP contribution is 2.28. The number of likely N-dealkylation sites (N-methyl/N-ethyl adjacent to an activating group) is 2. The maximum atomic E-state index is 12.6. The molecule has 0 saturated heterocycles. The molecule has 0 spiro atoms. The van der Waals surface area contributed by atoms with E-state index in [0.717, 1.165) is 60.8 Å². The van der Waals surface area contributed by atoms with Gasteiger partial charge in [-0.3, -0.25) is 9.59 Å². The SMILES string of the molecule is CCN(CCN(C)c1ccc(Nc2nccc(-c3ccc(NC(C)=O)cc3)n2)cc1)C(=O)C1CCC1. The van der Waals surface area contributed by atoms with E-state index < -0.39 is 0 Å². The second-order valence-corrected chi connectivity index (χ2v) is 9.16. The van der Waals surface area contributed by atoms with Crippen molar-refractivity contribution in [3.63, 3.8) is 0 Å². The first kappa shape index (κ1) is 25.2. The molecule has 1 aromatic heterocycles. The molecule has 1 fully saturated rings. The number of carbonyl (C=O) groups is 2. The van der Waals surface area contributed by atoms with E-state index in [1.807, 2.05) is 54.4 Å². The third-order valence-corrected chi connectivity index (χ3v) is 6.57. The summed E-state index contributed by atoms with van der Waals surface area (Å²) in [4.78, 5) is 36.9. The number of nitrogens with one attached hydrogen (secondary N) is 2. The fraction of sp³-hybridized carbons (Fsp3) is 0.357. The summed E-state index contributed by atoms with van der Waals surface area (Å²) in [5.41, 5.74) is 4.44. The van der Waals surface area contributed by atoms with E-state index in [2.05, 4.69) is 44.6 Å². The molecule has 4 rings (SSSR count). The minimum atomic E-state index is -0.101. The summed E-state index contributed by atoms with van der Waals surface area (Å²) in [7, 11) is 2.05. The monoisotopic (exact) mass is 486 g/mol. The summed E-state index contributed by atoms with van der Waals surface area (Å²) in [6.07, 6.45) is 4.98. The number of benzene rings is 2. The van der Waals surface area contributed by atoms with Gasteiger partial charge in [0.15, 0.2) is 0 Å². The maximum absolute atomic E-state index is 12.6. The number of aromatic nitrogens is 2. The highest BCUT2D eigenvalue weighted by atomic mass is 16.2. The Morgan fingerprint density at radius 1 is 0.972 bits per heavy atom. The van der Waals surface area contributed by atoms with Gasteiger partial charge in [0.1, 0.15) is 0 Å². The van der Waals surface area contributed by atoms with Gasteiger partial charge in [-0.05, 0) is 62.2 Å². The summed E-state index contributed by atoms with van der Waals surface area (Å²) < 4.78 is 0. The fourth-order valence-corrected chi connectivity index (χ4v) is 4.17. The van der Waals surface area contributed by atoms with Crippen LogP contribution in [0, 0.1) is 5.92 Å². The molecule has 0 atom stereocenters. The first-order chi connectivity index (χ1) is 17.4. The Labute approximate surface area is 212 Å². The smallest absolute Gasteiger partial charge is 0.227 e. The topological polar surface area (TPSA) is 90.5 Å². The van der Waals surface area contributed by atoms with Gasteiger partial charge in [0.2, 0.25) is 17.8 Å². The van der Waals surface area contributed by atoms with E-state index in [1.54, 1.807) is 6.20 Å². The second-order valence-electron chi connectivity index (χ2n) is 9.16. The fourth-order valence-electron chi connectivity index (χ4n) is 4.17. The van der Waals surface area contributed by atoms with Crippen LogP contribution in [0.25, 0.3) is 11.3 Å². The van der Waals surface area contributed by atoms with Crippen LogP contribution in [0.2, 0.25) is 0 Å². The Morgan fingerprint density at radius 3 is 2.28 bits per heavy atom. The molecule has 2 N–H and O–H groups in total. The predicted molar refractivity (Wildman–Crippen MR) is 144 cm³/mol. The molecule has 0 bridgehead atoms. The van der Waals surface area contributed by atoms with Gasteiger partial charge in [-0.2, -0.15) is 0 Å². The minimum Gasteiger partial charge on any atom is -0.373 e. The van der Waals surface area contributed by atoms with Gasteiger partial charge in [0.25, 0.3) is 0 Å². The van der Waals surface area contributed by atoms with Crippen molar-refractivity contribution in [3.8, 4) is 11.3 Å². The van der Waals surface area contributed by atoms with Crippen LogP contribution in [0.15, 0.2) is 60.8 Å². The van der Waals surface area contributed by atoms with E-state index in [0.29, 0.717) is 11.9 Å². The predicted octanol–water partition coefficient (Wildman–Crippen LogP) is 4.93. The average molecular weight is 487 g/mol. The number of nitrogens with zero attached hydrogens (tertiary/aromatic N) is 4. The summed E-state index contributed by atoms with van der Waals surface area (Å²) in [6, 6.07) is 17.5. The molecule has 1 saturated carbocycles. The molecule has 8 heteroatoms. The standard InChI is InChI=1S/C28H34N6O2/c1-4-34(27(36)22-6-5-7-22)19-18-33(3)25-14-12-24(13-15-25)31-28-29-17-16-26(32-28)21-8-10-23(11-9-21)30-20(2)35/h8-17,22H,4-7,18-19H2,1-3H3,(H,30,35)(H,29,31,32). The van der Waals surface area contributed by atoms with Gasteiger partial charge < -0.3 is 20.4 Å². The molecule has 0 aliphatic heterocycles. The van der Waals surface area contributed by atoms with Gasteiger partial charge >= 0.3 is 0 Å². The largest absolute Gasteiger partial charge is 0.373 e. The van der Waals surface area contributed by atoms with Gasteiger partial charge in [0.05, 0.1) is 5.69 Å². The lowest BCUT2D eigenvalue weighted by Crippen LogP contribution is -2.42. The Balaban J connectivity index is 1.34. The number of rotatable bonds is 10. The van der Waals surface area contributed by atoms with Crippen molar-refractivity contribution in [1.82, 2.24) is 14.9 Å². The van der Waals surface area contributed by atoms with Gasteiger partial charge in [-0.25, -0.2) is 9.97 Å². The van der Waals surface area contributed by atoms with E-state index in [4.69, 9.17) is 0 Å². The molecular weight excluding hydrogens is 452 g/mol. The molecule has 2 aromatic carbocycles. The summed E-state index contributed by atoms with van der Waals surface area (Å²) >= 11 is 0. The number of hydrogen-bond acceptors (Lipinski definition) is 6. The number of amides is 2. The Kier molecular flexibility index (Phi) is 8.15. The average Bonchev–Trinajstić information content (AvgIpc) is 2.84. The quantitative estimate of drug-likeness (QED) is 0.422. The van der Waals surface area contributed by atoms with Crippen LogP contribution < -0.4 is 15.5 Å². The molecule has 2 amide bonds. The van der Waals surface area contributed by atoms with Crippen LogP contribution >= 0.6 is 0 Å². The van der Waals surface area contributed by atoms with Crippen molar-refractivity contribution < 1.29 is 9.59 Å². The summed E-state index contributed by atoms with van der Waals surface area (Å²) in [5, 5.41) is 6.03. The van der Waals surface area contributed by atoms with Gasteiger partial charge in [-0.15, -0.1) is 0 Å². The number of anilines is 4. The van der Waals surface area contributed by atoms with E-state index >= 15 is 0 Å². The third kappa shape index (κ3) is 6.38. The highest BCUT2D eigenvalue weighted by Gasteiger charge is 2.28. The normalized spacial score (nSPS) is 13.0. The van der Waals surface area contributed by atoms with E-state index in [9.17, 15) is 9.59 Å². The summed E-state index contributed by atoms with van der Waals surface area (Å²) in [5.74, 6) is 0.954. The molecule has 188 valence electrons.